The molecule has 0 saturated heterocycles. The van der Waals surface area contributed by atoms with Crippen molar-refractivity contribution in [2.24, 2.45) is 0 Å². The van der Waals surface area contributed by atoms with E-state index in [-0.39, 0.29) is 12.2 Å². The van der Waals surface area contributed by atoms with Crippen molar-refractivity contribution in [2.75, 3.05) is 13.7 Å². The summed E-state index contributed by atoms with van der Waals surface area (Å²) in [6.07, 6.45) is -0.453. The topological polar surface area (TPSA) is 80.3 Å². The fourth-order valence-corrected chi connectivity index (χ4v) is 1.14. The summed E-state index contributed by atoms with van der Waals surface area (Å²) in [6, 6.07) is 6.36. The molecule has 0 aromatic heterocycles. The number of hydrogen-bond acceptors (Lipinski definition) is 7. The number of ether oxygens (including phenoxy) is 2. The Kier molecular flexibility index (Phi) is 6.17. The second kappa shape index (κ2) is 7.93. The average Bonchev–Trinajstić information content (AvgIpc) is 2.44. The van der Waals surface area contributed by atoms with Gasteiger partial charge in [-0.3, -0.25) is 4.89 Å². The molecule has 1 aromatic rings. The smallest absolute Gasteiger partial charge is 0.496 e. The summed E-state index contributed by atoms with van der Waals surface area (Å²) in [6.45, 7) is 2.00. The van der Waals surface area contributed by atoms with Crippen LogP contribution < -0.4 is 4.74 Å². The number of benzene rings is 1. The Morgan fingerprint density at radius 1 is 1.16 bits per heavy atom. The lowest BCUT2D eigenvalue weighted by molar-refractivity contribution is -0.452. The van der Waals surface area contributed by atoms with Gasteiger partial charge in [-0.15, -0.1) is 0 Å². The number of carbonyl (C=O) groups excluding carboxylic acids is 2. The largest absolute Gasteiger partial charge is 0.543 e. The molecular weight excluding hydrogens is 256 g/mol. The van der Waals surface area contributed by atoms with Crippen LogP contribution in [0.5, 0.6) is 5.75 Å². The zero-order valence-electron chi connectivity index (χ0n) is 10.6. The summed E-state index contributed by atoms with van der Waals surface area (Å²) in [5.41, 5.74) is 0.135. The van der Waals surface area contributed by atoms with Crippen molar-refractivity contribution in [3.05, 3.63) is 29.8 Å². The third kappa shape index (κ3) is 4.84. The molecule has 0 N–H and O–H groups in total. The predicted molar refractivity (Wildman–Crippen MR) is 62.2 cm³/mol. The highest BCUT2D eigenvalue weighted by molar-refractivity contribution is 5.92. The standard InChI is InChI=1S/C12H14O7/c1-3-8-16-12(14)18-19-17-11(13)9-6-4-5-7-10(9)15-2/h4-7H,3,8H2,1-2H3. The van der Waals surface area contributed by atoms with Crippen LogP contribution in [0.3, 0.4) is 0 Å². The normalized spacial score (nSPS) is 9.58. The predicted octanol–water partition coefficient (Wildman–Crippen LogP) is 2.26. The quantitative estimate of drug-likeness (QED) is 0.445. The fraction of sp³-hybridized carbons (Fsp3) is 0.333. The second-order valence-corrected chi connectivity index (χ2v) is 3.32. The van der Waals surface area contributed by atoms with Crippen molar-refractivity contribution < 1.29 is 33.9 Å². The molecule has 7 heteroatoms. The van der Waals surface area contributed by atoms with Crippen LogP contribution in [0.1, 0.15) is 23.7 Å². The summed E-state index contributed by atoms with van der Waals surface area (Å²) in [5.74, 6) is -0.551. The van der Waals surface area contributed by atoms with Gasteiger partial charge in [0.05, 0.1) is 18.8 Å². The molecule has 0 aliphatic heterocycles. The maximum Gasteiger partial charge on any atom is 0.543 e. The molecule has 19 heavy (non-hydrogen) atoms. The zero-order chi connectivity index (χ0) is 14.1. The fourth-order valence-electron chi connectivity index (χ4n) is 1.14. The van der Waals surface area contributed by atoms with Gasteiger partial charge in [-0.05, 0) is 18.6 Å². The summed E-state index contributed by atoms with van der Waals surface area (Å²) in [5, 5.41) is 4.03. The molecule has 0 aliphatic rings. The Labute approximate surface area is 109 Å². The van der Waals surface area contributed by atoms with Crippen LogP contribution in [0.2, 0.25) is 0 Å². The molecule has 104 valence electrons. The van der Waals surface area contributed by atoms with E-state index >= 15 is 0 Å². The van der Waals surface area contributed by atoms with E-state index in [1.165, 1.54) is 13.2 Å². The molecule has 0 heterocycles. The van der Waals surface area contributed by atoms with E-state index in [9.17, 15) is 9.59 Å². The summed E-state index contributed by atoms with van der Waals surface area (Å²) < 4.78 is 9.48. The first-order valence-corrected chi connectivity index (χ1v) is 5.54. The van der Waals surface area contributed by atoms with Crippen LogP contribution >= 0.6 is 0 Å². The lowest BCUT2D eigenvalue weighted by atomic mass is 10.2. The Balaban J connectivity index is 2.41. The zero-order valence-corrected chi connectivity index (χ0v) is 10.6. The van der Waals surface area contributed by atoms with E-state index in [2.05, 4.69) is 19.6 Å². The van der Waals surface area contributed by atoms with Gasteiger partial charge in [0.2, 0.25) is 0 Å². The van der Waals surface area contributed by atoms with Gasteiger partial charge in [-0.2, -0.15) is 0 Å². The molecule has 0 aliphatic carbocycles. The van der Waals surface area contributed by atoms with Crippen molar-refractivity contribution in [3.63, 3.8) is 0 Å². The first kappa shape index (κ1) is 14.8. The van der Waals surface area contributed by atoms with Gasteiger partial charge in [0.1, 0.15) is 11.3 Å². The van der Waals surface area contributed by atoms with Crippen molar-refractivity contribution in [3.8, 4) is 5.75 Å². The average molecular weight is 270 g/mol. The molecule has 0 atom stereocenters. The minimum absolute atomic E-state index is 0.135. The Morgan fingerprint density at radius 2 is 1.89 bits per heavy atom. The summed E-state index contributed by atoms with van der Waals surface area (Å²) >= 11 is 0. The molecule has 0 spiro atoms. The highest BCUT2D eigenvalue weighted by atomic mass is 17.5. The van der Waals surface area contributed by atoms with Gasteiger partial charge in [0.15, 0.2) is 0 Å². The van der Waals surface area contributed by atoms with Crippen molar-refractivity contribution in [2.45, 2.75) is 13.3 Å². The maximum atomic E-state index is 11.6. The second-order valence-electron chi connectivity index (χ2n) is 3.32. The molecule has 0 fully saturated rings. The number of methoxy groups -OCH3 is 1. The summed E-state index contributed by atoms with van der Waals surface area (Å²) in [4.78, 5) is 30.8. The van der Waals surface area contributed by atoms with Gasteiger partial charge in [0.25, 0.3) is 0 Å². The van der Waals surface area contributed by atoms with Crippen LogP contribution in [-0.4, -0.2) is 25.8 Å². The van der Waals surface area contributed by atoms with Crippen molar-refractivity contribution >= 4 is 12.1 Å². The number of hydrogen-bond donors (Lipinski definition) is 0. The Morgan fingerprint density at radius 3 is 2.58 bits per heavy atom. The number of rotatable bonds is 6. The van der Waals surface area contributed by atoms with Gasteiger partial charge >= 0.3 is 12.1 Å². The van der Waals surface area contributed by atoms with E-state index in [0.717, 1.165) is 0 Å². The molecule has 0 radical (unpaired) electrons. The van der Waals surface area contributed by atoms with Crippen molar-refractivity contribution in [1.82, 2.24) is 0 Å². The van der Waals surface area contributed by atoms with Crippen LogP contribution in [0.15, 0.2) is 24.3 Å². The Bertz CT molecular complexity index is 430. The Hall–Kier alpha value is -2.28. The molecule has 0 saturated carbocycles. The first-order valence-electron chi connectivity index (χ1n) is 5.54. The third-order valence-corrected chi connectivity index (χ3v) is 1.96. The third-order valence-electron chi connectivity index (χ3n) is 1.96. The van der Waals surface area contributed by atoms with E-state index in [4.69, 9.17) is 4.74 Å². The lowest BCUT2D eigenvalue weighted by Crippen LogP contribution is -2.13. The molecule has 7 nitrogen and oxygen atoms in total. The van der Waals surface area contributed by atoms with Gasteiger partial charge in [-0.1, -0.05) is 19.1 Å². The van der Waals surface area contributed by atoms with Crippen LogP contribution in [0, 0.1) is 0 Å². The number of para-hydroxylation sites is 1. The first-order chi connectivity index (χ1) is 9.19. The molecule has 1 rings (SSSR count). The van der Waals surface area contributed by atoms with E-state index in [1.807, 2.05) is 6.92 Å². The van der Waals surface area contributed by atoms with Gasteiger partial charge < -0.3 is 9.47 Å². The highest BCUT2D eigenvalue weighted by Gasteiger charge is 2.15. The SMILES string of the molecule is CCCOC(=O)OOOC(=O)c1ccccc1OC. The lowest BCUT2D eigenvalue weighted by Gasteiger charge is -2.06. The minimum atomic E-state index is -1.09. The van der Waals surface area contributed by atoms with Crippen molar-refractivity contribution in [1.29, 1.82) is 0 Å². The van der Waals surface area contributed by atoms with Gasteiger partial charge in [-0.25, -0.2) is 14.5 Å². The molecular formula is C12H14O7. The summed E-state index contributed by atoms with van der Waals surface area (Å²) in [7, 11) is 1.41. The maximum absolute atomic E-state index is 11.6. The number of carbonyl (C=O) groups is 2. The minimum Gasteiger partial charge on any atom is -0.496 e. The monoisotopic (exact) mass is 270 g/mol. The molecule has 0 unspecified atom stereocenters. The van der Waals surface area contributed by atoms with Crippen LogP contribution in [0.4, 0.5) is 4.79 Å². The van der Waals surface area contributed by atoms with E-state index in [0.29, 0.717) is 12.2 Å². The molecule has 0 amide bonds. The van der Waals surface area contributed by atoms with Crippen LogP contribution in [-0.2, 0) is 19.6 Å². The highest BCUT2D eigenvalue weighted by Crippen LogP contribution is 2.18. The van der Waals surface area contributed by atoms with Crippen LogP contribution in [0.25, 0.3) is 0 Å². The van der Waals surface area contributed by atoms with E-state index < -0.39 is 12.1 Å². The van der Waals surface area contributed by atoms with Gasteiger partial charge in [0, 0.05) is 0 Å². The molecule has 0 bridgehead atoms. The van der Waals surface area contributed by atoms with E-state index in [1.54, 1.807) is 18.2 Å². The molecule has 1 aromatic carbocycles.